The molecule has 0 aliphatic carbocycles. The van der Waals surface area contributed by atoms with E-state index in [1.807, 2.05) is 17.7 Å². The Kier molecular flexibility index (Phi) is 5.13. The Hall–Kier alpha value is -1.67. The van der Waals surface area contributed by atoms with Crippen LogP contribution in [0.25, 0.3) is 0 Å². The lowest BCUT2D eigenvalue weighted by atomic mass is 10.3. The predicted molar refractivity (Wildman–Crippen MR) is 83.6 cm³/mol. The fraction of sp³-hybridized carbons (Fsp3) is 0.308. The quantitative estimate of drug-likeness (QED) is 0.820. The first-order chi connectivity index (χ1) is 10.0. The summed E-state index contributed by atoms with van der Waals surface area (Å²) in [6.45, 7) is 2.65. The standard InChI is InChI=1S/C13H14BrN3O3S/c1-3-17-6-8(14)4-10(17)12(19)16-13-15-9(7-21-13)5-11(18)20-2/h4,6-7H,3,5H2,1-2H3,(H,15,16,19). The average Bonchev–Trinajstić information content (AvgIpc) is 3.05. The number of nitrogens with zero attached hydrogens (tertiary/aromatic N) is 2. The maximum absolute atomic E-state index is 12.2. The van der Waals surface area contributed by atoms with Gasteiger partial charge in [-0.05, 0) is 28.9 Å². The molecule has 8 heteroatoms. The summed E-state index contributed by atoms with van der Waals surface area (Å²) in [5.41, 5.74) is 1.13. The first-order valence-corrected chi connectivity index (χ1v) is 7.89. The van der Waals surface area contributed by atoms with Crippen LogP contribution in [0.5, 0.6) is 0 Å². The number of carbonyl (C=O) groups is 2. The third-order valence-corrected chi connectivity index (χ3v) is 4.00. The van der Waals surface area contributed by atoms with Crippen molar-refractivity contribution in [1.29, 1.82) is 0 Å². The normalized spacial score (nSPS) is 10.4. The van der Waals surface area contributed by atoms with E-state index in [1.54, 1.807) is 11.4 Å². The minimum Gasteiger partial charge on any atom is -0.469 e. The lowest BCUT2D eigenvalue weighted by Gasteiger charge is -2.05. The summed E-state index contributed by atoms with van der Waals surface area (Å²) in [5.74, 6) is -0.594. The van der Waals surface area contributed by atoms with E-state index < -0.39 is 0 Å². The fourth-order valence-electron chi connectivity index (χ4n) is 1.75. The molecule has 112 valence electrons. The van der Waals surface area contributed by atoms with Crippen LogP contribution in [-0.4, -0.2) is 28.5 Å². The molecule has 21 heavy (non-hydrogen) atoms. The highest BCUT2D eigenvalue weighted by Crippen LogP contribution is 2.19. The Bertz CT molecular complexity index is 665. The van der Waals surface area contributed by atoms with Crippen LogP contribution in [0.3, 0.4) is 0 Å². The summed E-state index contributed by atoms with van der Waals surface area (Å²) in [5, 5.41) is 4.91. The molecule has 2 aromatic rings. The molecule has 2 heterocycles. The summed E-state index contributed by atoms with van der Waals surface area (Å²) in [7, 11) is 1.33. The molecule has 1 N–H and O–H groups in total. The van der Waals surface area contributed by atoms with Gasteiger partial charge in [0, 0.05) is 22.6 Å². The zero-order valence-corrected chi connectivity index (χ0v) is 14.0. The molecular weight excluding hydrogens is 358 g/mol. The largest absolute Gasteiger partial charge is 0.469 e. The second-order valence-corrected chi connectivity index (χ2v) is 5.95. The number of rotatable bonds is 5. The summed E-state index contributed by atoms with van der Waals surface area (Å²) < 4.78 is 7.26. The molecule has 0 aliphatic heterocycles. The number of anilines is 1. The van der Waals surface area contributed by atoms with Crippen LogP contribution < -0.4 is 5.32 Å². The summed E-state index contributed by atoms with van der Waals surface area (Å²) in [4.78, 5) is 27.6. The van der Waals surface area contributed by atoms with E-state index in [0.29, 0.717) is 23.1 Å². The number of ether oxygens (including phenoxy) is 1. The molecule has 0 unspecified atom stereocenters. The number of hydrogen-bond donors (Lipinski definition) is 1. The van der Waals surface area contributed by atoms with Crippen molar-refractivity contribution in [3.05, 3.63) is 33.5 Å². The summed E-state index contributed by atoms with van der Waals surface area (Å²) in [6.07, 6.45) is 1.94. The van der Waals surface area contributed by atoms with Crippen LogP contribution in [0.2, 0.25) is 0 Å². The lowest BCUT2D eigenvalue weighted by molar-refractivity contribution is -0.139. The number of thiazole rings is 1. The molecule has 0 radical (unpaired) electrons. The Morgan fingerprint density at radius 3 is 2.95 bits per heavy atom. The molecule has 0 aliphatic rings. The summed E-state index contributed by atoms with van der Waals surface area (Å²) >= 11 is 4.62. The minimum absolute atomic E-state index is 0.0970. The van der Waals surface area contributed by atoms with Crippen molar-refractivity contribution in [3.8, 4) is 0 Å². The Balaban J connectivity index is 2.07. The predicted octanol–water partition coefficient (Wildman–Crippen LogP) is 2.69. The zero-order chi connectivity index (χ0) is 15.4. The second-order valence-electron chi connectivity index (χ2n) is 4.18. The van der Waals surface area contributed by atoms with Crippen LogP contribution in [-0.2, 0) is 22.5 Å². The molecule has 0 fully saturated rings. The maximum atomic E-state index is 12.2. The molecule has 1 amide bonds. The highest BCUT2D eigenvalue weighted by Gasteiger charge is 2.15. The van der Waals surface area contributed by atoms with Gasteiger partial charge < -0.3 is 9.30 Å². The van der Waals surface area contributed by atoms with Crippen molar-refractivity contribution < 1.29 is 14.3 Å². The van der Waals surface area contributed by atoms with Crippen LogP contribution >= 0.6 is 27.3 Å². The molecule has 2 aromatic heterocycles. The van der Waals surface area contributed by atoms with Crippen LogP contribution in [0.15, 0.2) is 22.1 Å². The van der Waals surface area contributed by atoms with E-state index >= 15 is 0 Å². The van der Waals surface area contributed by atoms with E-state index in [2.05, 4.69) is 31.0 Å². The van der Waals surface area contributed by atoms with E-state index in [-0.39, 0.29) is 18.3 Å². The molecule has 6 nitrogen and oxygen atoms in total. The number of methoxy groups -OCH3 is 1. The van der Waals surface area contributed by atoms with Crippen LogP contribution in [0.4, 0.5) is 5.13 Å². The number of nitrogens with one attached hydrogen (secondary N) is 1. The van der Waals surface area contributed by atoms with Crippen molar-refractivity contribution >= 4 is 44.3 Å². The summed E-state index contributed by atoms with van der Waals surface area (Å²) in [6, 6.07) is 1.75. The van der Waals surface area contributed by atoms with Crippen LogP contribution in [0, 0.1) is 0 Å². The van der Waals surface area contributed by atoms with Gasteiger partial charge in [0.25, 0.3) is 5.91 Å². The number of hydrogen-bond acceptors (Lipinski definition) is 5. The zero-order valence-electron chi connectivity index (χ0n) is 11.6. The molecule has 2 rings (SSSR count). The fourth-order valence-corrected chi connectivity index (χ4v) is 2.92. The molecule has 0 saturated heterocycles. The number of amides is 1. The highest BCUT2D eigenvalue weighted by molar-refractivity contribution is 9.10. The minimum atomic E-state index is -0.359. The number of aromatic nitrogens is 2. The van der Waals surface area contributed by atoms with Crippen molar-refractivity contribution in [2.45, 2.75) is 19.9 Å². The first kappa shape index (κ1) is 15.7. The number of carbonyl (C=O) groups excluding carboxylic acids is 2. The number of aryl methyl sites for hydroxylation is 1. The van der Waals surface area contributed by atoms with Gasteiger partial charge in [0.05, 0.1) is 19.2 Å². The van der Waals surface area contributed by atoms with Gasteiger partial charge in [0.15, 0.2) is 5.13 Å². The average molecular weight is 372 g/mol. The van der Waals surface area contributed by atoms with Gasteiger partial charge in [-0.15, -0.1) is 11.3 Å². The van der Waals surface area contributed by atoms with Gasteiger partial charge in [0.1, 0.15) is 5.69 Å². The van der Waals surface area contributed by atoms with Gasteiger partial charge in [0.2, 0.25) is 0 Å². The first-order valence-electron chi connectivity index (χ1n) is 6.21. The smallest absolute Gasteiger partial charge is 0.311 e. The van der Waals surface area contributed by atoms with E-state index in [9.17, 15) is 9.59 Å². The lowest BCUT2D eigenvalue weighted by Crippen LogP contribution is -2.16. The topological polar surface area (TPSA) is 73.2 Å². The van der Waals surface area contributed by atoms with Gasteiger partial charge in [-0.1, -0.05) is 0 Å². The van der Waals surface area contributed by atoms with Gasteiger partial charge in [-0.2, -0.15) is 0 Å². The Morgan fingerprint density at radius 1 is 1.52 bits per heavy atom. The highest BCUT2D eigenvalue weighted by atomic mass is 79.9. The van der Waals surface area contributed by atoms with Gasteiger partial charge in [-0.25, -0.2) is 4.98 Å². The molecule has 0 saturated carbocycles. The maximum Gasteiger partial charge on any atom is 0.311 e. The monoisotopic (exact) mass is 371 g/mol. The SMILES string of the molecule is CCn1cc(Br)cc1C(=O)Nc1nc(CC(=O)OC)cs1. The van der Waals surface area contributed by atoms with Crippen molar-refractivity contribution in [2.75, 3.05) is 12.4 Å². The van der Waals surface area contributed by atoms with Crippen LogP contribution in [0.1, 0.15) is 23.1 Å². The second kappa shape index (κ2) is 6.86. The van der Waals surface area contributed by atoms with Crippen molar-refractivity contribution in [1.82, 2.24) is 9.55 Å². The molecular formula is C13H14BrN3O3S. The van der Waals surface area contributed by atoms with Gasteiger partial charge in [-0.3, -0.25) is 14.9 Å². The van der Waals surface area contributed by atoms with Crippen molar-refractivity contribution in [2.24, 2.45) is 0 Å². The third-order valence-electron chi connectivity index (χ3n) is 2.76. The van der Waals surface area contributed by atoms with Crippen molar-refractivity contribution in [3.63, 3.8) is 0 Å². The molecule has 0 spiro atoms. The third kappa shape index (κ3) is 3.92. The van der Waals surface area contributed by atoms with E-state index in [1.165, 1.54) is 18.4 Å². The van der Waals surface area contributed by atoms with E-state index in [4.69, 9.17) is 0 Å². The number of esters is 1. The Labute approximate surface area is 134 Å². The molecule has 0 aromatic carbocycles. The number of halogens is 1. The molecule has 0 atom stereocenters. The Morgan fingerprint density at radius 2 is 2.29 bits per heavy atom. The van der Waals surface area contributed by atoms with Gasteiger partial charge >= 0.3 is 5.97 Å². The van der Waals surface area contributed by atoms with E-state index in [0.717, 1.165) is 4.47 Å². The molecule has 0 bridgehead atoms.